The van der Waals surface area contributed by atoms with Crippen molar-refractivity contribution in [3.63, 3.8) is 0 Å². The fraction of sp³-hybridized carbons (Fsp3) is 0.273. The number of rotatable bonds is 1. The van der Waals surface area contributed by atoms with E-state index in [1.54, 1.807) is 0 Å². The molecular weight excluding hydrogens is 233 g/mol. The number of benzene rings is 1. The van der Waals surface area contributed by atoms with Crippen molar-refractivity contribution >= 4 is 29.0 Å². The number of anilines is 1. The van der Waals surface area contributed by atoms with Crippen LogP contribution in [0.1, 0.15) is 12.8 Å². The van der Waals surface area contributed by atoms with Crippen molar-refractivity contribution in [2.24, 2.45) is 0 Å². The molecule has 1 saturated heterocycles. The number of halogens is 2. The van der Waals surface area contributed by atoms with Crippen molar-refractivity contribution in [2.75, 3.05) is 11.4 Å². The Balaban J connectivity index is 2.30. The lowest BCUT2D eigenvalue weighted by molar-refractivity contribution is -0.128. The normalized spacial score (nSPS) is 16.8. The molecule has 1 fully saturated rings. The maximum atomic E-state index is 13.1. The second-order valence-corrected chi connectivity index (χ2v) is 4.07. The number of carbonyl (C=O) groups is 2. The van der Waals surface area contributed by atoms with Crippen molar-refractivity contribution in [3.05, 3.63) is 29.0 Å². The van der Waals surface area contributed by atoms with E-state index in [1.807, 2.05) is 0 Å². The Morgan fingerprint density at radius 1 is 1.25 bits per heavy atom. The Labute approximate surface area is 96.8 Å². The van der Waals surface area contributed by atoms with Crippen LogP contribution in [0.3, 0.4) is 0 Å². The Bertz CT molecular complexity index is 441. The van der Waals surface area contributed by atoms with E-state index >= 15 is 0 Å². The summed E-state index contributed by atoms with van der Waals surface area (Å²) < 4.78 is 13.1. The van der Waals surface area contributed by atoms with Crippen LogP contribution in [0, 0.1) is 5.82 Å². The number of hydrogen-bond donors (Lipinski definition) is 0. The van der Waals surface area contributed by atoms with Crippen LogP contribution < -0.4 is 4.90 Å². The number of amides is 1. The molecular formula is C11H9ClFNO2. The summed E-state index contributed by atoms with van der Waals surface area (Å²) in [5, 5.41) is 0.236. The molecule has 0 unspecified atom stereocenters. The summed E-state index contributed by atoms with van der Waals surface area (Å²) in [6.45, 7) is 0.289. The van der Waals surface area contributed by atoms with Crippen LogP contribution in [0.5, 0.6) is 0 Å². The minimum atomic E-state index is -0.493. The van der Waals surface area contributed by atoms with Crippen molar-refractivity contribution in [1.29, 1.82) is 0 Å². The largest absolute Gasteiger partial charge is 0.311 e. The third-order valence-electron chi connectivity index (χ3n) is 2.42. The average Bonchev–Trinajstić information content (AvgIpc) is 2.15. The van der Waals surface area contributed by atoms with Crippen LogP contribution in [-0.4, -0.2) is 18.2 Å². The Hall–Kier alpha value is -1.42. The summed E-state index contributed by atoms with van der Waals surface area (Å²) >= 11 is 5.70. The summed E-state index contributed by atoms with van der Waals surface area (Å²) in [6, 6.07) is 3.92. The van der Waals surface area contributed by atoms with Gasteiger partial charge in [-0.1, -0.05) is 11.6 Å². The van der Waals surface area contributed by atoms with Crippen LogP contribution in [-0.2, 0) is 9.59 Å². The topological polar surface area (TPSA) is 37.4 Å². The Morgan fingerprint density at radius 2 is 2.00 bits per heavy atom. The van der Waals surface area contributed by atoms with Gasteiger partial charge in [0.15, 0.2) is 0 Å². The van der Waals surface area contributed by atoms with Crippen molar-refractivity contribution < 1.29 is 14.0 Å². The molecule has 84 valence electrons. The highest BCUT2D eigenvalue weighted by molar-refractivity contribution is 6.31. The Kier molecular flexibility index (Phi) is 2.92. The van der Waals surface area contributed by atoms with Gasteiger partial charge in [0.2, 0.25) is 5.91 Å². The first-order valence-corrected chi connectivity index (χ1v) is 5.22. The van der Waals surface area contributed by atoms with Gasteiger partial charge in [0, 0.05) is 23.7 Å². The summed E-state index contributed by atoms with van der Waals surface area (Å²) in [7, 11) is 0. The SMILES string of the molecule is O=C1CCN(c2cc(F)cc(Cl)c2)C(=O)C1. The van der Waals surface area contributed by atoms with E-state index in [4.69, 9.17) is 11.6 Å². The lowest BCUT2D eigenvalue weighted by atomic mass is 10.1. The van der Waals surface area contributed by atoms with Gasteiger partial charge in [0.1, 0.15) is 11.6 Å². The monoisotopic (exact) mass is 241 g/mol. The molecule has 0 atom stereocenters. The number of ketones is 1. The first kappa shape index (κ1) is 11.1. The molecule has 0 bridgehead atoms. The zero-order valence-corrected chi connectivity index (χ0v) is 9.13. The lowest BCUT2D eigenvalue weighted by Crippen LogP contribution is -2.39. The molecule has 1 aromatic rings. The highest BCUT2D eigenvalue weighted by Crippen LogP contribution is 2.24. The molecule has 2 rings (SSSR count). The minimum absolute atomic E-state index is 0.0799. The summed E-state index contributed by atoms with van der Waals surface area (Å²) in [4.78, 5) is 24.0. The summed E-state index contributed by atoms with van der Waals surface area (Å²) in [5.74, 6) is -0.881. The molecule has 0 radical (unpaired) electrons. The van der Waals surface area contributed by atoms with E-state index in [9.17, 15) is 14.0 Å². The molecule has 5 heteroatoms. The van der Waals surface area contributed by atoms with Gasteiger partial charge < -0.3 is 4.90 Å². The van der Waals surface area contributed by atoms with E-state index in [2.05, 4.69) is 0 Å². The van der Waals surface area contributed by atoms with E-state index in [0.29, 0.717) is 12.1 Å². The van der Waals surface area contributed by atoms with Gasteiger partial charge in [-0.2, -0.15) is 0 Å². The van der Waals surface area contributed by atoms with Gasteiger partial charge in [-0.15, -0.1) is 0 Å². The van der Waals surface area contributed by atoms with Gasteiger partial charge in [-0.3, -0.25) is 9.59 Å². The van der Waals surface area contributed by atoms with Gasteiger partial charge in [0.25, 0.3) is 0 Å². The zero-order chi connectivity index (χ0) is 11.7. The smallest absolute Gasteiger partial charge is 0.234 e. The molecule has 1 amide bonds. The third-order valence-corrected chi connectivity index (χ3v) is 2.64. The van der Waals surface area contributed by atoms with Crippen LogP contribution in [0.4, 0.5) is 10.1 Å². The zero-order valence-electron chi connectivity index (χ0n) is 8.37. The quantitative estimate of drug-likeness (QED) is 0.707. The number of Topliss-reactive ketones (excluding diaryl/α,β-unsaturated/α-hetero) is 1. The molecule has 0 N–H and O–H groups in total. The molecule has 0 aliphatic carbocycles. The molecule has 0 spiro atoms. The Morgan fingerprint density at radius 3 is 2.62 bits per heavy atom. The first-order chi connectivity index (χ1) is 7.56. The predicted octanol–water partition coefficient (Wildman–Crippen LogP) is 2.17. The molecule has 0 saturated carbocycles. The molecule has 0 aromatic heterocycles. The molecule has 1 heterocycles. The van der Waals surface area contributed by atoms with Crippen LogP contribution >= 0.6 is 11.6 Å². The van der Waals surface area contributed by atoms with E-state index in [-0.39, 0.29) is 29.7 Å². The van der Waals surface area contributed by atoms with Gasteiger partial charge in [-0.25, -0.2) is 4.39 Å². The van der Waals surface area contributed by atoms with Gasteiger partial charge in [0.05, 0.1) is 6.42 Å². The summed E-state index contributed by atoms with van der Waals surface area (Å²) in [5.41, 5.74) is 0.405. The minimum Gasteiger partial charge on any atom is -0.311 e. The predicted molar refractivity (Wildman–Crippen MR) is 58.0 cm³/mol. The van der Waals surface area contributed by atoms with Gasteiger partial charge in [-0.05, 0) is 18.2 Å². The number of hydrogen-bond acceptors (Lipinski definition) is 2. The number of carbonyl (C=O) groups excluding carboxylic acids is 2. The first-order valence-electron chi connectivity index (χ1n) is 4.84. The summed E-state index contributed by atoms with van der Waals surface area (Å²) in [6.07, 6.45) is 0.188. The van der Waals surface area contributed by atoms with Crippen molar-refractivity contribution in [3.8, 4) is 0 Å². The second kappa shape index (κ2) is 4.22. The molecule has 1 aliphatic rings. The molecule has 1 aromatic carbocycles. The molecule has 1 aliphatic heterocycles. The molecule has 3 nitrogen and oxygen atoms in total. The van der Waals surface area contributed by atoms with E-state index in [0.717, 1.165) is 0 Å². The number of piperidine rings is 1. The fourth-order valence-electron chi connectivity index (χ4n) is 1.68. The fourth-order valence-corrected chi connectivity index (χ4v) is 1.90. The highest BCUT2D eigenvalue weighted by Gasteiger charge is 2.25. The maximum absolute atomic E-state index is 13.1. The highest BCUT2D eigenvalue weighted by atomic mass is 35.5. The lowest BCUT2D eigenvalue weighted by Gasteiger charge is -2.26. The average molecular weight is 242 g/mol. The van der Waals surface area contributed by atoms with Crippen LogP contribution in [0.15, 0.2) is 18.2 Å². The van der Waals surface area contributed by atoms with Crippen LogP contribution in [0.2, 0.25) is 5.02 Å². The van der Waals surface area contributed by atoms with E-state index in [1.165, 1.54) is 23.1 Å². The second-order valence-electron chi connectivity index (χ2n) is 3.64. The van der Waals surface area contributed by atoms with Crippen LogP contribution in [0.25, 0.3) is 0 Å². The third kappa shape index (κ3) is 2.22. The number of nitrogens with zero attached hydrogens (tertiary/aromatic N) is 1. The van der Waals surface area contributed by atoms with E-state index < -0.39 is 5.82 Å². The van der Waals surface area contributed by atoms with Crippen molar-refractivity contribution in [1.82, 2.24) is 0 Å². The van der Waals surface area contributed by atoms with Crippen molar-refractivity contribution in [2.45, 2.75) is 12.8 Å². The molecule has 16 heavy (non-hydrogen) atoms. The maximum Gasteiger partial charge on any atom is 0.234 e. The standard InChI is InChI=1S/C11H9ClFNO2/c12-7-3-8(13)5-9(4-7)14-2-1-10(15)6-11(14)16/h3-5H,1-2,6H2. The van der Waals surface area contributed by atoms with Gasteiger partial charge >= 0.3 is 0 Å².